The van der Waals surface area contributed by atoms with Gasteiger partial charge in [0.1, 0.15) is 5.70 Å². The number of carbonyl (C=O) groups is 2. The van der Waals surface area contributed by atoms with E-state index in [0.717, 1.165) is 30.0 Å². The molecule has 7 heteroatoms. The van der Waals surface area contributed by atoms with Crippen LogP contribution in [0.1, 0.15) is 24.5 Å². The Kier molecular flexibility index (Phi) is 7.22. The van der Waals surface area contributed by atoms with Gasteiger partial charge < -0.3 is 20.0 Å². The second-order valence-corrected chi connectivity index (χ2v) is 9.89. The van der Waals surface area contributed by atoms with Gasteiger partial charge in [0.2, 0.25) is 5.91 Å². The van der Waals surface area contributed by atoms with Crippen LogP contribution >= 0.6 is 11.8 Å². The molecule has 0 aliphatic carbocycles. The normalized spacial score (nSPS) is 23.0. The number of carboxylic acid groups (broad SMARTS) is 1. The molecule has 2 N–H and O–H groups in total. The maximum atomic E-state index is 12.8. The van der Waals surface area contributed by atoms with Gasteiger partial charge in [-0.25, -0.2) is 4.79 Å². The fourth-order valence-corrected chi connectivity index (χ4v) is 6.23. The highest BCUT2D eigenvalue weighted by Gasteiger charge is 2.60. The number of hydrogen-bond acceptors (Lipinski definition) is 5. The van der Waals surface area contributed by atoms with Gasteiger partial charge in [0, 0.05) is 23.1 Å². The minimum absolute atomic E-state index is 0.0959. The summed E-state index contributed by atoms with van der Waals surface area (Å²) >= 11 is 1.51. The molecule has 2 aromatic rings. The number of amides is 1. The average molecular weight is 467 g/mol. The topological polar surface area (TPSA) is 81.1 Å². The maximum Gasteiger partial charge on any atom is 0.353 e. The van der Waals surface area contributed by atoms with Crippen molar-refractivity contribution in [3.8, 4) is 0 Å². The lowest BCUT2D eigenvalue weighted by Crippen LogP contribution is -2.64. The SMILES string of the molecule is C[C@@H](O)[C@H]1C(=O)N2C(C(=O)O)=C(SCc3ccccc3)[C@H](CCN(C)Cc3ccccc3)[C@H]12. The number of hydrogen-bond donors (Lipinski definition) is 2. The van der Waals surface area contributed by atoms with Crippen molar-refractivity contribution in [1.82, 2.24) is 9.80 Å². The molecule has 174 valence electrons. The Morgan fingerprint density at radius 3 is 2.27 bits per heavy atom. The van der Waals surface area contributed by atoms with Gasteiger partial charge in [0.25, 0.3) is 0 Å². The zero-order valence-corrected chi connectivity index (χ0v) is 19.7. The lowest BCUT2D eigenvalue weighted by Gasteiger charge is -2.47. The van der Waals surface area contributed by atoms with Crippen LogP contribution in [0.2, 0.25) is 0 Å². The summed E-state index contributed by atoms with van der Waals surface area (Å²) in [6, 6.07) is 19.8. The molecule has 2 aliphatic rings. The Bertz CT molecular complexity index is 1030. The van der Waals surface area contributed by atoms with E-state index < -0.39 is 18.0 Å². The number of aliphatic carboxylic acids is 1. The van der Waals surface area contributed by atoms with Gasteiger partial charge in [0.15, 0.2) is 0 Å². The van der Waals surface area contributed by atoms with Crippen molar-refractivity contribution in [3.05, 3.63) is 82.4 Å². The predicted molar refractivity (Wildman–Crippen MR) is 129 cm³/mol. The van der Waals surface area contributed by atoms with E-state index in [2.05, 4.69) is 24.1 Å². The molecule has 0 saturated carbocycles. The average Bonchev–Trinajstić information content (AvgIpc) is 3.07. The van der Waals surface area contributed by atoms with E-state index in [1.54, 1.807) is 6.92 Å². The van der Waals surface area contributed by atoms with Crippen LogP contribution in [0.25, 0.3) is 0 Å². The highest BCUT2D eigenvalue weighted by molar-refractivity contribution is 8.02. The van der Waals surface area contributed by atoms with Gasteiger partial charge in [-0.1, -0.05) is 60.7 Å². The van der Waals surface area contributed by atoms with Crippen LogP contribution in [0.3, 0.4) is 0 Å². The number of fused-ring (bicyclic) bond motifs is 1. The van der Waals surface area contributed by atoms with Gasteiger partial charge in [-0.15, -0.1) is 11.8 Å². The van der Waals surface area contributed by atoms with E-state index in [4.69, 9.17) is 0 Å². The molecule has 4 atom stereocenters. The zero-order valence-electron chi connectivity index (χ0n) is 18.9. The number of aliphatic hydroxyl groups excluding tert-OH is 1. The molecule has 0 radical (unpaired) electrons. The molecule has 0 bridgehead atoms. The van der Waals surface area contributed by atoms with Crippen molar-refractivity contribution in [2.75, 3.05) is 13.6 Å². The molecular weight excluding hydrogens is 436 g/mol. The summed E-state index contributed by atoms with van der Waals surface area (Å²) in [7, 11) is 2.05. The van der Waals surface area contributed by atoms with Crippen molar-refractivity contribution < 1.29 is 19.8 Å². The van der Waals surface area contributed by atoms with E-state index >= 15 is 0 Å². The Hall–Kier alpha value is -2.61. The minimum Gasteiger partial charge on any atom is -0.477 e. The molecule has 1 fully saturated rings. The summed E-state index contributed by atoms with van der Waals surface area (Å²) in [6.45, 7) is 3.17. The lowest BCUT2D eigenvalue weighted by molar-refractivity contribution is -0.163. The molecular formula is C26H30N2O4S. The van der Waals surface area contributed by atoms with Crippen LogP contribution in [-0.4, -0.2) is 57.6 Å². The number of β-lactam (4-membered cyclic amide) rings is 1. The first-order valence-electron chi connectivity index (χ1n) is 11.3. The third-order valence-electron chi connectivity index (χ3n) is 6.49. The van der Waals surface area contributed by atoms with Crippen molar-refractivity contribution in [2.45, 2.75) is 37.8 Å². The van der Waals surface area contributed by atoms with Crippen molar-refractivity contribution in [2.24, 2.45) is 11.8 Å². The largest absolute Gasteiger partial charge is 0.477 e. The Balaban J connectivity index is 1.55. The molecule has 2 heterocycles. The molecule has 33 heavy (non-hydrogen) atoms. The smallest absolute Gasteiger partial charge is 0.353 e. The van der Waals surface area contributed by atoms with E-state index in [1.807, 2.05) is 48.5 Å². The maximum absolute atomic E-state index is 12.8. The van der Waals surface area contributed by atoms with Gasteiger partial charge >= 0.3 is 5.97 Å². The molecule has 1 saturated heterocycles. The number of thioether (sulfide) groups is 1. The van der Waals surface area contributed by atoms with Gasteiger partial charge in [-0.2, -0.15) is 0 Å². The van der Waals surface area contributed by atoms with Crippen LogP contribution in [-0.2, 0) is 21.9 Å². The van der Waals surface area contributed by atoms with Crippen LogP contribution in [0, 0.1) is 11.8 Å². The standard InChI is InChI=1S/C26H30N2O4S/c1-17(29)21-22-20(13-14-27(2)15-18-9-5-3-6-10-18)24(23(26(31)32)28(22)25(21)30)33-16-19-11-7-4-8-12-19/h3-12,17,20-22,29H,13-16H2,1-2H3,(H,31,32)/t17-,20-,21-,22-/m1/s1. The Labute approximate surface area is 198 Å². The highest BCUT2D eigenvalue weighted by atomic mass is 32.2. The van der Waals surface area contributed by atoms with Gasteiger partial charge in [0.05, 0.1) is 18.1 Å². The first-order valence-corrected chi connectivity index (χ1v) is 12.2. The number of aliphatic hydroxyl groups is 1. The summed E-state index contributed by atoms with van der Waals surface area (Å²) in [6.07, 6.45) is -0.0913. The molecule has 1 amide bonds. The molecule has 0 unspecified atom stereocenters. The lowest BCUT2D eigenvalue weighted by atomic mass is 9.77. The zero-order chi connectivity index (χ0) is 23.5. The fourth-order valence-electron chi connectivity index (χ4n) is 4.92. The number of nitrogens with zero attached hydrogens (tertiary/aromatic N) is 2. The molecule has 0 aromatic heterocycles. The van der Waals surface area contributed by atoms with Crippen molar-refractivity contribution in [1.29, 1.82) is 0 Å². The quantitative estimate of drug-likeness (QED) is 0.521. The van der Waals surface area contributed by atoms with Crippen LogP contribution in [0.5, 0.6) is 0 Å². The number of carbonyl (C=O) groups excluding carboxylic acids is 1. The molecule has 6 nitrogen and oxygen atoms in total. The monoisotopic (exact) mass is 466 g/mol. The summed E-state index contributed by atoms with van der Waals surface area (Å²) in [5, 5.41) is 20.3. The summed E-state index contributed by atoms with van der Waals surface area (Å²) in [4.78, 5) is 29.4. The summed E-state index contributed by atoms with van der Waals surface area (Å²) < 4.78 is 0. The van der Waals surface area contributed by atoms with Crippen LogP contribution < -0.4 is 0 Å². The first-order chi connectivity index (χ1) is 15.9. The second kappa shape index (κ2) is 10.1. The first kappa shape index (κ1) is 23.5. The summed E-state index contributed by atoms with van der Waals surface area (Å²) in [5.41, 5.74) is 2.42. The Morgan fingerprint density at radius 2 is 1.70 bits per heavy atom. The summed E-state index contributed by atoms with van der Waals surface area (Å²) in [5.74, 6) is -1.39. The van der Waals surface area contributed by atoms with E-state index in [9.17, 15) is 19.8 Å². The van der Waals surface area contributed by atoms with E-state index in [-0.39, 0.29) is 23.6 Å². The van der Waals surface area contributed by atoms with Gasteiger partial charge in [-0.3, -0.25) is 4.79 Å². The van der Waals surface area contributed by atoms with Crippen LogP contribution in [0.4, 0.5) is 0 Å². The number of benzene rings is 2. The third-order valence-corrected chi connectivity index (χ3v) is 7.77. The fraction of sp³-hybridized carbons (Fsp3) is 0.385. The molecule has 4 rings (SSSR count). The molecule has 0 spiro atoms. The van der Waals surface area contributed by atoms with Gasteiger partial charge in [-0.05, 0) is 38.1 Å². The highest BCUT2D eigenvalue weighted by Crippen LogP contribution is 2.52. The van der Waals surface area contributed by atoms with Crippen molar-refractivity contribution >= 4 is 23.6 Å². The molecule has 2 aromatic carbocycles. The molecule has 2 aliphatic heterocycles. The van der Waals surface area contributed by atoms with E-state index in [1.165, 1.54) is 22.2 Å². The second-order valence-electron chi connectivity index (χ2n) is 8.88. The van der Waals surface area contributed by atoms with E-state index in [0.29, 0.717) is 5.75 Å². The third kappa shape index (κ3) is 4.86. The van der Waals surface area contributed by atoms with Crippen LogP contribution in [0.15, 0.2) is 71.3 Å². The Morgan fingerprint density at radius 1 is 1.09 bits per heavy atom. The number of carboxylic acids is 1. The van der Waals surface area contributed by atoms with Crippen molar-refractivity contribution in [3.63, 3.8) is 0 Å². The minimum atomic E-state index is -1.08. The number of rotatable bonds is 10. The predicted octanol–water partition coefficient (Wildman–Crippen LogP) is 3.58.